The van der Waals surface area contributed by atoms with Gasteiger partial charge in [-0.3, -0.25) is 4.98 Å². The Morgan fingerprint density at radius 1 is 0.495 bits per heavy atom. The van der Waals surface area contributed by atoms with Gasteiger partial charge in [-0.15, -0.1) is 22.7 Å². The molecule has 4 bridgehead atoms. The summed E-state index contributed by atoms with van der Waals surface area (Å²) in [5, 5.41) is 10.3. The fourth-order valence-corrected chi connectivity index (χ4v) is 21.7. The van der Waals surface area contributed by atoms with Crippen LogP contribution < -0.4 is 13.5 Å². The monoisotopic (exact) mass is 1670 g/mol. The predicted molar refractivity (Wildman–Crippen MR) is 423 cm³/mol. The van der Waals surface area contributed by atoms with E-state index in [4.69, 9.17) is 44.1 Å². The Kier molecular flexibility index (Phi) is 27.4. The molecule has 101 heavy (non-hydrogen) atoms. The minimum atomic E-state index is -2.54. The van der Waals surface area contributed by atoms with E-state index in [2.05, 4.69) is 158 Å². The normalized spacial score (nSPS) is 19.5. The van der Waals surface area contributed by atoms with Gasteiger partial charge in [-0.25, -0.2) is 32.5 Å². The standard InChI is InChI=1S/C35H50F2N6O2SSi2.C31H48N5O2Si2.C4H2BrF2NS.3CH3.Sn/c1-47(2,3)13-11-44-22-42(23-45-12-14-48(4,5)6)32-18-30(27-16-24-7-8-25(15-24)17-27)41-34-28(20-40-43(32)34)26-9-10-29(38-19-26)35-39-21-31(46-35)33(36)37;1-39(2,3)14-12-37-22-35(23-38-13-15-40(4,5)6)30-19-29(27-17-24-9-10-25(16-24)18-27)34-31-28(21-33-36(30)31)26-8-7-11-32-20-26;5-4-8-1-2(9-4)3(6)7;;;;/h9-10,18-21,24-25,27,33H,7-8,11-17,22-23H2,1-6H3;7-8,19-21,24-25,27H,9-10,12-18,22-23H2,1-6H3;1,3H;3*1H3;/t2*24-,25+,27?;;;;;. The molecular weight excluding hydrogens is 1560 g/mol. The molecule has 552 valence electrons. The van der Waals surface area contributed by atoms with E-state index in [0.29, 0.717) is 66.6 Å². The van der Waals surface area contributed by atoms with Crippen molar-refractivity contribution in [3.8, 4) is 33.0 Å². The second-order valence-corrected chi connectivity index (χ2v) is 74.6. The van der Waals surface area contributed by atoms with Crippen LogP contribution in [0.3, 0.4) is 0 Å². The van der Waals surface area contributed by atoms with Gasteiger partial charge in [0.15, 0.2) is 9.56 Å². The second kappa shape index (κ2) is 34.8. The van der Waals surface area contributed by atoms with Gasteiger partial charge in [0, 0.05) is 92.9 Å². The van der Waals surface area contributed by atoms with Crippen molar-refractivity contribution in [1.29, 1.82) is 0 Å². The fourth-order valence-electron chi connectivity index (χ4n) is 13.8. The summed E-state index contributed by atoms with van der Waals surface area (Å²) in [5.74, 6) is 6.08. The van der Waals surface area contributed by atoms with Gasteiger partial charge in [0.05, 0.1) is 21.6 Å². The smallest absolute Gasteiger partial charge is 0.274 e. The van der Waals surface area contributed by atoms with Crippen LogP contribution in [-0.2, 0) is 18.9 Å². The van der Waals surface area contributed by atoms with E-state index in [-0.39, 0.29) is 9.75 Å². The van der Waals surface area contributed by atoms with Gasteiger partial charge in [-0.2, -0.15) is 9.61 Å². The van der Waals surface area contributed by atoms with Gasteiger partial charge in [0.1, 0.15) is 24.3 Å². The molecule has 2 unspecified atom stereocenters. The Morgan fingerprint density at radius 3 is 1.20 bits per heavy atom. The fraction of sp³-hybridized carbons (Fsp3) is 0.616. The molecule has 8 heterocycles. The molecule has 0 aromatic carbocycles. The first-order valence-electron chi connectivity index (χ1n) is 36.3. The summed E-state index contributed by atoms with van der Waals surface area (Å²) in [4.78, 5) is 39.6. The maximum atomic E-state index is 13.2. The van der Waals surface area contributed by atoms with E-state index in [1.54, 1.807) is 6.20 Å². The molecule has 6 atom stereocenters. The molecule has 0 saturated heterocycles. The van der Waals surface area contributed by atoms with E-state index in [1.165, 1.54) is 86.0 Å². The van der Waals surface area contributed by atoms with Crippen LogP contribution in [0.4, 0.5) is 29.2 Å². The molecule has 8 aromatic rings. The van der Waals surface area contributed by atoms with Crippen LogP contribution in [0.2, 0.25) is 118 Å². The number of nitrogens with zero attached hydrogens (tertiary/aromatic N) is 12. The summed E-state index contributed by atoms with van der Waals surface area (Å²) in [7, 11) is -4.88. The average molecular weight is 1670 g/mol. The number of halogens is 5. The summed E-state index contributed by atoms with van der Waals surface area (Å²) >= 11 is 2.64. The third-order valence-electron chi connectivity index (χ3n) is 19.8. The molecule has 0 N–H and O–H groups in total. The Hall–Kier alpha value is -3.89. The van der Waals surface area contributed by atoms with Crippen molar-refractivity contribution < 1.29 is 36.5 Å². The van der Waals surface area contributed by atoms with Crippen molar-refractivity contribution in [2.45, 2.75) is 206 Å². The number of rotatable bonds is 30. The molecule has 0 aliphatic heterocycles. The third kappa shape index (κ3) is 23.1. The Labute approximate surface area is 621 Å². The minimum absolute atomic E-state index is 0.00174. The van der Waals surface area contributed by atoms with Crippen LogP contribution in [0.5, 0.6) is 0 Å². The zero-order valence-electron chi connectivity index (χ0n) is 62.3. The first kappa shape index (κ1) is 79.7. The topological polar surface area (TPSA) is 155 Å². The predicted octanol–water partition coefficient (Wildman–Crippen LogP) is 20.5. The van der Waals surface area contributed by atoms with E-state index in [0.717, 1.165) is 135 Å². The van der Waals surface area contributed by atoms with Crippen molar-refractivity contribution in [2.75, 3.05) is 63.2 Å². The quantitative estimate of drug-likeness (QED) is 0.0181. The summed E-state index contributed by atoms with van der Waals surface area (Å²) in [6.45, 7) is 33.4. The van der Waals surface area contributed by atoms with E-state index in [1.807, 2.05) is 39.8 Å². The molecule has 8 aromatic heterocycles. The molecule has 4 aliphatic rings. The zero-order chi connectivity index (χ0) is 72.6. The van der Waals surface area contributed by atoms with Crippen LogP contribution >= 0.6 is 38.6 Å². The number of thiazole rings is 2. The summed E-state index contributed by atoms with van der Waals surface area (Å²) in [6, 6.07) is 17.3. The molecule has 4 saturated carbocycles. The Bertz CT molecular complexity index is 3880. The van der Waals surface area contributed by atoms with E-state index < -0.39 is 63.5 Å². The number of aromatic nitrogens is 10. The summed E-state index contributed by atoms with van der Waals surface area (Å²) in [6.07, 6.45) is 18.1. The van der Waals surface area contributed by atoms with Crippen LogP contribution in [0.15, 0.2) is 77.5 Å². The van der Waals surface area contributed by atoms with Crippen molar-refractivity contribution in [2.24, 2.45) is 23.7 Å². The summed E-state index contributed by atoms with van der Waals surface area (Å²) in [5.41, 5.74) is 8.45. The molecular formula is C73H109BrF4N12O4S2Si4Sn. The van der Waals surface area contributed by atoms with Crippen LogP contribution in [0.25, 0.3) is 44.2 Å². The first-order chi connectivity index (χ1) is 47.7. The largest absolute Gasteiger partial charge is 0.361 e. The molecule has 0 amide bonds. The van der Waals surface area contributed by atoms with Gasteiger partial charge < -0.3 is 14.4 Å². The van der Waals surface area contributed by atoms with E-state index in [9.17, 15) is 17.6 Å². The van der Waals surface area contributed by atoms with Gasteiger partial charge in [-0.1, -0.05) is 97.5 Å². The SMILES string of the molecule is C[Si](C)(C)CCOCN(COCC[Si](C)(C)C)c1cc(C2C[C@H]3CC[C@@H](C2)C3)nc2c(-c3cc[c]([Sn]([CH3])([CH3])[CH3])nc3)cnn12.C[Si](C)(C)CCOCN(COCC[Si](C)(C)C)c1cc(C2C[C@H]3CC[C@@H](C2)C3)nc2c(-c3ccc(-c4ncc(C(F)F)s4)nc3)cnn12.FC(F)c1cnc(Br)s1. The Morgan fingerprint density at radius 2 is 0.881 bits per heavy atom. The molecule has 0 spiro atoms. The number of ether oxygens (including phenoxy) is 4. The second-order valence-electron chi connectivity index (χ2n) is 34.4. The molecule has 0 radical (unpaired) electrons. The number of hydrogen-bond donors (Lipinski definition) is 0. The van der Waals surface area contributed by atoms with E-state index >= 15 is 0 Å². The van der Waals surface area contributed by atoms with Crippen LogP contribution in [-0.4, -0.2) is 153 Å². The molecule has 28 heteroatoms. The van der Waals surface area contributed by atoms with Gasteiger partial charge in [0.25, 0.3) is 12.9 Å². The zero-order valence-corrected chi connectivity index (χ0v) is 72.4. The maximum absolute atomic E-state index is 13.2. The number of fused-ring (bicyclic) bond motifs is 6. The third-order valence-corrected chi connectivity index (χ3v) is 34.3. The van der Waals surface area contributed by atoms with Gasteiger partial charge in [-0.05, 0) is 77.3 Å². The van der Waals surface area contributed by atoms with Crippen LogP contribution in [0.1, 0.15) is 110 Å². The molecule has 12 rings (SSSR count). The van der Waals surface area contributed by atoms with Gasteiger partial charge >= 0.3 is 206 Å². The molecule has 4 aliphatic carbocycles. The number of alkyl halides is 4. The number of hydrogen-bond acceptors (Lipinski definition) is 16. The van der Waals surface area contributed by atoms with Crippen molar-refractivity contribution in [3.05, 3.63) is 98.6 Å². The first-order valence-corrected chi connectivity index (χ1v) is 63.6. The number of anilines is 2. The van der Waals surface area contributed by atoms with Crippen molar-refractivity contribution in [3.63, 3.8) is 0 Å². The average Bonchev–Trinajstić information content (AvgIpc) is 1.66. The van der Waals surface area contributed by atoms with Crippen LogP contribution in [0, 0.1) is 23.7 Å². The van der Waals surface area contributed by atoms with Gasteiger partial charge in [0.2, 0.25) is 0 Å². The molecule has 4 fully saturated rings. The maximum Gasteiger partial charge on any atom is 0.274 e. The Balaban J connectivity index is 0.000000194. The van der Waals surface area contributed by atoms with Crippen molar-refractivity contribution >= 4 is 116 Å². The number of pyridine rings is 2. The van der Waals surface area contributed by atoms with Crippen molar-refractivity contribution in [1.82, 2.24) is 49.1 Å². The summed E-state index contributed by atoms with van der Waals surface area (Å²) < 4.78 is 81.0. The molecule has 16 nitrogen and oxygen atoms in total. The minimum Gasteiger partial charge on any atom is -0.361 e.